The van der Waals surface area contributed by atoms with Gasteiger partial charge in [-0.25, -0.2) is 0 Å². The number of aromatic nitrogens is 1. The lowest BCUT2D eigenvalue weighted by Gasteiger charge is -2.07. The lowest BCUT2D eigenvalue weighted by molar-refractivity contribution is -0.137. The maximum atomic E-state index is 12.7. The van der Waals surface area contributed by atoms with Crippen LogP contribution < -0.4 is 5.56 Å². The summed E-state index contributed by atoms with van der Waals surface area (Å²) in [7, 11) is 0. The van der Waals surface area contributed by atoms with Gasteiger partial charge < -0.3 is 4.98 Å². The molecule has 0 atom stereocenters. The number of aromatic amines is 1. The second kappa shape index (κ2) is 4.49. The van der Waals surface area contributed by atoms with E-state index in [1.54, 1.807) is 18.2 Å². The molecule has 3 aromatic rings. The number of rotatable bonds is 1. The van der Waals surface area contributed by atoms with E-state index >= 15 is 0 Å². The molecule has 2 heterocycles. The zero-order valence-corrected chi connectivity index (χ0v) is 10.8. The molecule has 0 saturated heterocycles. The van der Waals surface area contributed by atoms with E-state index in [2.05, 4.69) is 4.98 Å². The molecular formula is C14H8F3NOS. The number of H-pyrrole nitrogens is 1. The van der Waals surface area contributed by atoms with Gasteiger partial charge in [0, 0.05) is 15.8 Å². The maximum absolute atomic E-state index is 12.7. The van der Waals surface area contributed by atoms with Gasteiger partial charge in [0.1, 0.15) is 0 Å². The summed E-state index contributed by atoms with van der Waals surface area (Å²) in [4.78, 5) is 14.8. The Kier molecular flexibility index (Phi) is 2.90. The molecule has 20 heavy (non-hydrogen) atoms. The molecule has 102 valence electrons. The monoisotopic (exact) mass is 295 g/mol. The van der Waals surface area contributed by atoms with Crippen LogP contribution in [0.2, 0.25) is 0 Å². The van der Waals surface area contributed by atoms with E-state index in [1.807, 2.05) is 0 Å². The van der Waals surface area contributed by atoms with Gasteiger partial charge in [0.25, 0.3) is 5.56 Å². The highest BCUT2D eigenvalue weighted by molar-refractivity contribution is 7.22. The third-order valence-corrected chi connectivity index (χ3v) is 4.08. The lowest BCUT2D eigenvalue weighted by atomic mass is 10.1. The van der Waals surface area contributed by atoms with Gasteiger partial charge in [0.15, 0.2) is 0 Å². The molecule has 3 rings (SSSR count). The fourth-order valence-corrected chi connectivity index (χ4v) is 3.02. The highest BCUT2D eigenvalue weighted by atomic mass is 32.1. The second-order valence-electron chi connectivity index (χ2n) is 4.27. The fourth-order valence-electron chi connectivity index (χ4n) is 1.97. The Labute approximate surface area is 115 Å². The summed E-state index contributed by atoms with van der Waals surface area (Å²) < 4.78 is 38.9. The predicted octanol–water partition coefficient (Wildman–Crippen LogP) is 4.28. The van der Waals surface area contributed by atoms with Crippen molar-refractivity contribution in [3.63, 3.8) is 0 Å². The molecule has 1 N–H and O–H groups in total. The zero-order valence-electron chi connectivity index (χ0n) is 9.99. The van der Waals surface area contributed by atoms with Crippen LogP contribution in [0.25, 0.3) is 20.5 Å². The van der Waals surface area contributed by atoms with Gasteiger partial charge in [-0.3, -0.25) is 4.79 Å². The van der Waals surface area contributed by atoms with Gasteiger partial charge in [-0.05, 0) is 29.8 Å². The van der Waals surface area contributed by atoms with Crippen LogP contribution in [0.1, 0.15) is 5.56 Å². The standard InChI is InChI=1S/C14H8F3NOS/c15-14(16,17)9-3-1-2-8(6-9)12-7-10-11(20-12)4-5-18-13(10)19/h1-7H,(H,18,19). The fraction of sp³-hybridized carbons (Fsp3) is 0.0714. The summed E-state index contributed by atoms with van der Waals surface area (Å²) in [5, 5.41) is 0.491. The lowest BCUT2D eigenvalue weighted by Crippen LogP contribution is -2.04. The van der Waals surface area contributed by atoms with Crippen molar-refractivity contribution in [3.8, 4) is 10.4 Å². The summed E-state index contributed by atoms with van der Waals surface area (Å²) in [6.45, 7) is 0. The average molecular weight is 295 g/mol. The SMILES string of the molecule is O=c1[nH]ccc2sc(-c3cccc(C(F)(F)F)c3)cc12. The van der Waals surface area contributed by atoms with Crippen molar-refractivity contribution in [2.75, 3.05) is 0 Å². The number of pyridine rings is 1. The van der Waals surface area contributed by atoms with Gasteiger partial charge >= 0.3 is 6.18 Å². The first kappa shape index (κ1) is 12.9. The second-order valence-corrected chi connectivity index (χ2v) is 5.36. The molecule has 0 aliphatic carbocycles. The molecule has 0 radical (unpaired) electrons. The van der Waals surface area contributed by atoms with Gasteiger partial charge in [-0.2, -0.15) is 13.2 Å². The maximum Gasteiger partial charge on any atom is 0.416 e. The molecule has 0 unspecified atom stereocenters. The van der Waals surface area contributed by atoms with Crippen LogP contribution in [-0.4, -0.2) is 4.98 Å². The number of thiophene rings is 1. The zero-order chi connectivity index (χ0) is 14.3. The van der Waals surface area contributed by atoms with E-state index in [-0.39, 0.29) is 5.56 Å². The molecule has 1 aromatic carbocycles. The number of halogens is 3. The van der Waals surface area contributed by atoms with Crippen molar-refractivity contribution in [1.82, 2.24) is 4.98 Å². The van der Waals surface area contributed by atoms with Crippen molar-refractivity contribution in [3.05, 3.63) is 58.5 Å². The Bertz CT molecular complexity index is 832. The molecule has 6 heteroatoms. The number of nitrogens with one attached hydrogen (secondary N) is 1. The van der Waals surface area contributed by atoms with E-state index in [1.165, 1.54) is 23.6 Å². The summed E-state index contributed by atoms with van der Waals surface area (Å²) in [6.07, 6.45) is -2.85. The summed E-state index contributed by atoms with van der Waals surface area (Å²) >= 11 is 1.30. The van der Waals surface area contributed by atoms with E-state index in [0.29, 0.717) is 15.8 Å². The van der Waals surface area contributed by atoms with Gasteiger partial charge in [0.05, 0.1) is 10.9 Å². The molecule has 0 bridgehead atoms. The molecule has 0 amide bonds. The normalized spacial score (nSPS) is 11.9. The Morgan fingerprint density at radius 2 is 1.90 bits per heavy atom. The summed E-state index contributed by atoms with van der Waals surface area (Å²) in [6, 6.07) is 8.45. The minimum atomic E-state index is -4.37. The van der Waals surface area contributed by atoms with Crippen LogP contribution >= 0.6 is 11.3 Å². The van der Waals surface area contributed by atoms with Crippen LogP contribution in [0.3, 0.4) is 0 Å². The Balaban J connectivity index is 2.16. The molecule has 2 nitrogen and oxygen atoms in total. The smallest absolute Gasteiger partial charge is 0.329 e. The van der Waals surface area contributed by atoms with E-state index in [0.717, 1.165) is 16.8 Å². The van der Waals surface area contributed by atoms with Gasteiger partial charge in [-0.1, -0.05) is 12.1 Å². The van der Waals surface area contributed by atoms with Crippen LogP contribution in [-0.2, 0) is 6.18 Å². The highest BCUT2D eigenvalue weighted by Crippen LogP contribution is 2.35. The first-order valence-corrected chi connectivity index (χ1v) is 6.56. The number of hydrogen-bond donors (Lipinski definition) is 1. The van der Waals surface area contributed by atoms with Crippen LogP contribution in [0.4, 0.5) is 13.2 Å². The summed E-state index contributed by atoms with van der Waals surface area (Å²) in [5.41, 5.74) is -0.473. The third-order valence-electron chi connectivity index (χ3n) is 2.93. The van der Waals surface area contributed by atoms with E-state index in [9.17, 15) is 18.0 Å². The minimum absolute atomic E-state index is 0.239. The van der Waals surface area contributed by atoms with Crippen molar-refractivity contribution in [2.24, 2.45) is 0 Å². The quantitative estimate of drug-likeness (QED) is 0.714. The average Bonchev–Trinajstić information content (AvgIpc) is 2.83. The number of benzene rings is 1. The predicted molar refractivity (Wildman–Crippen MR) is 72.9 cm³/mol. The van der Waals surface area contributed by atoms with Crippen molar-refractivity contribution >= 4 is 21.4 Å². The first-order chi connectivity index (χ1) is 9.45. The largest absolute Gasteiger partial charge is 0.416 e. The molecule has 0 saturated carbocycles. The van der Waals surface area contributed by atoms with E-state index < -0.39 is 11.7 Å². The van der Waals surface area contributed by atoms with Crippen LogP contribution in [0, 0.1) is 0 Å². The molecule has 0 spiro atoms. The van der Waals surface area contributed by atoms with Crippen LogP contribution in [0.5, 0.6) is 0 Å². The summed E-state index contributed by atoms with van der Waals surface area (Å²) in [5.74, 6) is 0. The minimum Gasteiger partial charge on any atom is -0.329 e. The molecule has 0 aliphatic rings. The van der Waals surface area contributed by atoms with E-state index in [4.69, 9.17) is 0 Å². The van der Waals surface area contributed by atoms with Crippen LogP contribution in [0.15, 0.2) is 47.4 Å². The van der Waals surface area contributed by atoms with Crippen molar-refractivity contribution in [2.45, 2.75) is 6.18 Å². The third kappa shape index (κ3) is 2.22. The van der Waals surface area contributed by atoms with Crippen molar-refractivity contribution in [1.29, 1.82) is 0 Å². The Hall–Kier alpha value is -2.08. The van der Waals surface area contributed by atoms with Crippen molar-refractivity contribution < 1.29 is 13.2 Å². The molecular weight excluding hydrogens is 287 g/mol. The van der Waals surface area contributed by atoms with Gasteiger partial charge in [-0.15, -0.1) is 11.3 Å². The molecule has 0 fully saturated rings. The number of alkyl halides is 3. The highest BCUT2D eigenvalue weighted by Gasteiger charge is 2.30. The molecule has 2 aromatic heterocycles. The number of fused-ring (bicyclic) bond motifs is 1. The van der Waals surface area contributed by atoms with Gasteiger partial charge in [0.2, 0.25) is 0 Å². The topological polar surface area (TPSA) is 32.9 Å². The number of hydrogen-bond acceptors (Lipinski definition) is 2. The Morgan fingerprint density at radius 3 is 2.60 bits per heavy atom. The first-order valence-electron chi connectivity index (χ1n) is 5.74. The Morgan fingerprint density at radius 1 is 1.10 bits per heavy atom. The molecule has 0 aliphatic heterocycles.